The summed E-state index contributed by atoms with van der Waals surface area (Å²) in [5.41, 5.74) is 2.75. The molecule has 2 N–H and O–H groups in total. The fraction of sp³-hybridized carbons (Fsp3) is 0.619. The van der Waals surface area contributed by atoms with Gasteiger partial charge in [-0.3, -0.25) is 0 Å². The zero-order valence-electron chi connectivity index (χ0n) is 16.5. The van der Waals surface area contributed by atoms with Crippen LogP contribution in [0.25, 0.3) is 0 Å². The van der Waals surface area contributed by atoms with Gasteiger partial charge in [-0.05, 0) is 45.1 Å². The normalized spacial score (nSPS) is 18.2. The molecule has 1 aromatic heterocycles. The van der Waals surface area contributed by atoms with Crippen LogP contribution in [0, 0.1) is 0 Å². The van der Waals surface area contributed by atoms with Gasteiger partial charge < -0.3 is 20.3 Å². The van der Waals surface area contributed by atoms with Crippen LogP contribution in [0.4, 0.5) is 5.82 Å². The first kappa shape index (κ1) is 19.7. The van der Waals surface area contributed by atoms with Crippen LogP contribution < -0.4 is 15.5 Å². The van der Waals surface area contributed by atoms with Crippen molar-refractivity contribution in [2.75, 3.05) is 44.3 Å². The molecule has 1 aliphatic heterocycles. The van der Waals surface area contributed by atoms with Crippen LogP contribution >= 0.6 is 0 Å². The van der Waals surface area contributed by atoms with E-state index in [1.54, 1.807) is 5.57 Å². The van der Waals surface area contributed by atoms with E-state index in [4.69, 9.17) is 9.73 Å². The summed E-state index contributed by atoms with van der Waals surface area (Å²) in [7, 11) is 0. The predicted molar refractivity (Wildman–Crippen MR) is 111 cm³/mol. The number of allylic oxidation sites excluding steroid dienone is 1. The first-order valence-corrected chi connectivity index (χ1v) is 10.3. The van der Waals surface area contributed by atoms with E-state index >= 15 is 0 Å². The molecule has 6 nitrogen and oxygen atoms in total. The topological polar surface area (TPSA) is 61.8 Å². The van der Waals surface area contributed by atoms with Crippen molar-refractivity contribution in [1.29, 1.82) is 0 Å². The highest BCUT2D eigenvalue weighted by atomic mass is 16.5. The predicted octanol–water partition coefficient (Wildman–Crippen LogP) is 2.86. The van der Waals surface area contributed by atoms with Crippen LogP contribution in [0.3, 0.4) is 0 Å². The van der Waals surface area contributed by atoms with Crippen LogP contribution in [-0.2, 0) is 11.3 Å². The number of anilines is 1. The van der Waals surface area contributed by atoms with Crippen LogP contribution in [0.15, 0.2) is 35.0 Å². The molecule has 2 heterocycles. The molecule has 0 aromatic carbocycles. The molecule has 0 atom stereocenters. The molecule has 0 unspecified atom stereocenters. The van der Waals surface area contributed by atoms with Crippen LogP contribution in [0.2, 0.25) is 0 Å². The fourth-order valence-corrected chi connectivity index (χ4v) is 3.59. The lowest BCUT2D eigenvalue weighted by Crippen LogP contribution is -2.38. The van der Waals surface area contributed by atoms with Crippen molar-refractivity contribution >= 4 is 11.8 Å². The average Bonchev–Trinajstić information content (AvgIpc) is 2.74. The van der Waals surface area contributed by atoms with E-state index in [2.05, 4.69) is 39.6 Å². The summed E-state index contributed by atoms with van der Waals surface area (Å²) in [5, 5.41) is 6.84. The smallest absolute Gasteiger partial charge is 0.191 e. The SMILES string of the molecule is CCNC(=NCc1cccnc1N1CCOCC1)NCCC1=CCCCC1. The molecule has 0 spiro atoms. The molecule has 0 saturated carbocycles. The Balaban J connectivity index is 1.58. The Bertz CT molecular complexity index is 637. The van der Waals surface area contributed by atoms with E-state index < -0.39 is 0 Å². The first-order chi connectivity index (χ1) is 13.4. The lowest BCUT2D eigenvalue weighted by molar-refractivity contribution is 0.122. The number of ether oxygens (including phenoxy) is 1. The molecule has 6 heteroatoms. The highest BCUT2D eigenvalue weighted by molar-refractivity contribution is 5.79. The summed E-state index contributed by atoms with van der Waals surface area (Å²) in [6, 6.07) is 4.11. The molecule has 0 bridgehead atoms. The van der Waals surface area contributed by atoms with Crippen molar-refractivity contribution in [3.63, 3.8) is 0 Å². The molecular weight excluding hydrogens is 338 g/mol. The van der Waals surface area contributed by atoms with Gasteiger partial charge in [-0.2, -0.15) is 0 Å². The molecule has 1 aliphatic carbocycles. The summed E-state index contributed by atoms with van der Waals surface area (Å²) in [4.78, 5) is 11.7. The maximum absolute atomic E-state index is 5.46. The Hall–Kier alpha value is -2.08. The van der Waals surface area contributed by atoms with Crippen molar-refractivity contribution < 1.29 is 4.74 Å². The number of pyridine rings is 1. The highest BCUT2D eigenvalue weighted by Crippen LogP contribution is 2.20. The van der Waals surface area contributed by atoms with E-state index in [9.17, 15) is 0 Å². The van der Waals surface area contributed by atoms with Crippen molar-refractivity contribution in [2.24, 2.45) is 4.99 Å². The maximum atomic E-state index is 5.46. The fourth-order valence-electron chi connectivity index (χ4n) is 3.59. The van der Waals surface area contributed by atoms with E-state index in [0.29, 0.717) is 6.54 Å². The second-order valence-electron chi connectivity index (χ2n) is 7.07. The van der Waals surface area contributed by atoms with E-state index in [1.165, 1.54) is 25.7 Å². The van der Waals surface area contributed by atoms with Gasteiger partial charge >= 0.3 is 0 Å². The van der Waals surface area contributed by atoms with Crippen LogP contribution in [0.5, 0.6) is 0 Å². The number of nitrogens with zero attached hydrogens (tertiary/aromatic N) is 3. The van der Waals surface area contributed by atoms with Gasteiger partial charge in [0.1, 0.15) is 5.82 Å². The number of aromatic nitrogens is 1. The van der Waals surface area contributed by atoms with E-state index in [0.717, 1.165) is 63.2 Å². The second-order valence-corrected chi connectivity index (χ2v) is 7.07. The molecule has 1 aromatic rings. The number of aliphatic imine (C=N–C) groups is 1. The van der Waals surface area contributed by atoms with Crippen LogP contribution in [0.1, 0.15) is 44.6 Å². The summed E-state index contributed by atoms with van der Waals surface area (Å²) in [6.45, 7) is 7.82. The van der Waals surface area contributed by atoms with Crippen molar-refractivity contribution in [1.82, 2.24) is 15.6 Å². The molecule has 148 valence electrons. The largest absolute Gasteiger partial charge is 0.378 e. The number of nitrogens with one attached hydrogen (secondary N) is 2. The standard InChI is InChI=1S/C21H33N5O/c1-2-22-21(24-12-10-18-7-4-3-5-8-18)25-17-19-9-6-11-23-20(19)26-13-15-27-16-14-26/h6-7,9,11H,2-5,8,10,12-17H2,1H3,(H2,22,24,25). The summed E-state index contributed by atoms with van der Waals surface area (Å²) >= 11 is 0. The Kier molecular flexibility index (Phi) is 7.96. The summed E-state index contributed by atoms with van der Waals surface area (Å²) < 4.78 is 5.46. The van der Waals surface area contributed by atoms with Crippen molar-refractivity contribution in [3.8, 4) is 0 Å². The lowest BCUT2D eigenvalue weighted by atomic mass is 9.97. The molecule has 3 rings (SSSR count). The third-order valence-electron chi connectivity index (χ3n) is 5.05. The quantitative estimate of drug-likeness (QED) is 0.438. The average molecular weight is 372 g/mol. The third-order valence-corrected chi connectivity index (χ3v) is 5.05. The molecule has 27 heavy (non-hydrogen) atoms. The number of morpholine rings is 1. The summed E-state index contributed by atoms with van der Waals surface area (Å²) in [6.07, 6.45) is 10.6. The zero-order chi connectivity index (χ0) is 18.7. The van der Waals surface area contributed by atoms with Gasteiger partial charge in [0.05, 0.1) is 19.8 Å². The van der Waals surface area contributed by atoms with Crippen molar-refractivity contribution in [3.05, 3.63) is 35.5 Å². The second kappa shape index (κ2) is 10.9. The molecule has 0 radical (unpaired) electrons. The molecular formula is C21H33N5O. The minimum absolute atomic E-state index is 0.624. The van der Waals surface area contributed by atoms with Gasteiger partial charge in [0, 0.05) is 37.9 Å². The minimum atomic E-state index is 0.624. The first-order valence-electron chi connectivity index (χ1n) is 10.3. The zero-order valence-corrected chi connectivity index (χ0v) is 16.5. The van der Waals surface area contributed by atoms with Crippen LogP contribution in [-0.4, -0.2) is 50.3 Å². The number of hydrogen-bond acceptors (Lipinski definition) is 4. The number of guanidine groups is 1. The molecule has 0 amide bonds. The molecule has 1 saturated heterocycles. The Morgan fingerprint density at radius 2 is 2.15 bits per heavy atom. The molecule has 2 aliphatic rings. The number of rotatable bonds is 7. The lowest BCUT2D eigenvalue weighted by Gasteiger charge is -2.29. The Morgan fingerprint density at radius 1 is 1.26 bits per heavy atom. The third kappa shape index (κ3) is 6.24. The maximum Gasteiger partial charge on any atom is 0.191 e. The number of hydrogen-bond donors (Lipinski definition) is 2. The Labute approximate surface area is 163 Å². The highest BCUT2D eigenvalue weighted by Gasteiger charge is 2.15. The van der Waals surface area contributed by atoms with Gasteiger partial charge in [-0.15, -0.1) is 0 Å². The van der Waals surface area contributed by atoms with Gasteiger partial charge in [0.25, 0.3) is 0 Å². The minimum Gasteiger partial charge on any atom is -0.378 e. The summed E-state index contributed by atoms with van der Waals surface area (Å²) in [5.74, 6) is 1.92. The van der Waals surface area contributed by atoms with E-state index in [-0.39, 0.29) is 0 Å². The van der Waals surface area contributed by atoms with Gasteiger partial charge in [-0.25, -0.2) is 9.98 Å². The van der Waals surface area contributed by atoms with Crippen molar-refractivity contribution in [2.45, 2.75) is 45.6 Å². The van der Waals surface area contributed by atoms with Gasteiger partial charge in [0.2, 0.25) is 0 Å². The van der Waals surface area contributed by atoms with Gasteiger partial charge in [0.15, 0.2) is 5.96 Å². The monoisotopic (exact) mass is 371 g/mol. The van der Waals surface area contributed by atoms with Gasteiger partial charge in [-0.1, -0.05) is 17.7 Å². The molecule has 1 fully saturated rings. The van der Waals surface area contributed by atoms with E-state index in [1.807, 2.05) is 12.3 Å². The Morgan fingerprint density at radius 3 is 2.93 bits per heavy atom.